The monoisotopic (exact) mass is 299 g/mol. The second-order valence-corrected chi connectivity index (χ2v) is 4.99. The van der Waals surface area contributed by atoms with Crippen LogP contribution in [-0.2, 0) is 0 Å². The van der Waals surface area contributed by atoms with Gasteiger partial charge in [0, 0.05) is 29.8 Å². The molecule has 2 heterocycles. The second-order valence-electron chi connectivity index (χ2n) is 4.07. The Morgan fingerprint density at radius 1 is 1.59 bits per heavy atom. The molecular weight excluding hydrogens is 286 g/mol. The number of hydrogen-bond donors (Lipinski definition) is 2. The molecule has 1 fully saturated rings. The topological polar surface area (TPSA) is 65.5 Å². The van der Waals surface area contributed by atoms with E-state index in [1.54, 1.807) is 6.20 Å². The van der Waals surface area contributed by atoms with Crippen molar-refractivity contribution in [2.45, 2.75) is 18.9 Å². The predicted molar refractivity (Wildman–Crippen MR) is 68.2 cm³/mol. The van der Waals surface area contributed by atoms with Crippen LogP contribution in [0.3, 0.4) is 0 Å². The van der Waals surface area contributed by atoms with Gasteiger partial charge in [0.25, 0.3) is 0 Å². The van der Waals surface area contributed by atoms with Crippen LogP contribution in [-0.4, -0.2) is 40.2 Å². The van der Waals surface area contributed by atoms with Crippen molar-refractivity contribution in [1.29, 1.82) is 0 Å². The first-order chi connectivity index (χ1) is 8.15. The second kappa shape index (κ2) is 5.35. The molecule has 0 aliphatic carbocycles. The van der Waals surface area contributed by atoms with Gasteiger partial charge in [-0.2, -0.15) is 0 Å². The lowest BCUT2D eigenvalue weighted by atomic mass is 10.1. The fourth-order valence-corrected chi connectivity index (χ4v) is 2.17. The largest absolute Gasteiger partial charge is 0.465 e. The zero-order chi connectivity index (χ0) is 12.3. The molecule has 1 aliphatic heterocycles. The van der Waals surface area contributed by atoms with Crippen LogP contribution < -0.4 is 5.32 Å². The maximum absolute atomic E-state index is 10.9. The highest BCUT2D eigenvalue weighted by Gasteiger charge is 2.23. The van der Waals surface area contributed by atoms with Crippen molar-refractivity contribution < 1.29 is 9.90 Å². The van der Waals surface area contributed by atoms with Crippen LogP contribution in [0.1, 0.15) is 12.8 Å². The molecule has 1 amide bonds. The summed E-state index contributed by atoms with van der Waals surface area (Å²) in [6.07, 6.45) is 2.74. The summed E-state index contributed by atoms with van der Waals surface area (Å²) in [6.45, 7) is 1.15. The van der Waals surface area contributed by atoms with Gasteiger partial charge in [-0.05, 0) is 40.9 Å². The molecule has 0 aromatic carbocycles. The average molecular weight is 300 g/mol. The number of likely N-dealkylation sites (tertiary alicyclic amines) is 1. The van der Waals surface area contributed by atoms with Crippen LogP contribution in [0.15, 0.2) is 22.8 Å². The van der Waals surface area contributed by atoms with E-state index in [0.717, 1.165) is 23.1 Å². The van der Waals surface area contributed by atoms with Gasteiger partial charge in [0.2, 0.25) is 0 Å². The molecule has 1 aromatic heterocycles. The number of piperidine rings is 1. The zero-order valence-corrected chi connectivity index (χ0v) is 10.9. The Kier molecular flexibility index (Phi) is 3.83. The molecule has 1 aliphatic rings. The molecule has 0 unspecified atom stereocenters. The fourth-order valence-electron chi connectivity index (χ4n) is 1.94. The summed E-state index contributed by atoms with van der Waals surface area (Å²) in [4.78, 5) is 16.5. The van der Waals surface area contributed by atoms with E-state index >= 15 is 0 Å². The van der Waals surface area contributed by atoms with Gasteiger partial charge < -0.3 is 15.3 Å². The van der Waals surface area contributed by atoms with E-state index in [4.69, 9.17) is 5.11 Å². The third kappa shape index (κ3) is 3.33. The lowest BCUT2D eigenvalue weighted by Gasteiger charge is -2.31. The molecule has 1 aromatic rings. The summed E-state index contributed by atoms with van der Waals surface area (Å²) in [6, 6.07) is 3.94. The van der Waals surface area contributed by atoms with Crippen LogP contribution in [0.25, 0.3) is 0 Å². The molecule has 1 saturated heterocycles. The van der Waals surface area contributed by atoms with E-state index in [0.29, 0.717) is 13.1 Å². The van der Waals surface area contributed by atoms with Gasteiger partial charge in [-0.3, -0.25) is 0 Å². The number of halogens is 1. The molecule has 1 atom stereocenters. The van der Waals surface area contributed by atoms with E-state index < -0.39 is 6.09 Å². The van der Waals surface area contributed by atoms with E-state index in [1.165, 1.54) is 4.90 Å². The fraction of sp³-hybridized carbons (Fsp3) is 0.455. The molecule has 17 heavy (non-hydrogen) atoms. The zero-order valence-electron chi connectivity index (χ0n) is 9.27. The molecule has 0 saturated carbocycles. The molecular formula is C11H14BrN3O2. The molecule has 0 spiro atoms. The van der Waals surface area contributed by atoms with E-state index in [1.807, 2.05) is 12.1 Å². The van der Waals surface area contributed by atoms with Crippen molar-refractivity contribution in [2.24, 2.45) is 0 Å². The smallest absolute Gasteiger partial charge is 0.407 e. The van der Waals surface area contributed by atoms with Gasteiger partial charge in [-0.1, -0.05) is 0 Å². The number of nitrogens with zero attached hydrogens (tertiary/aromatic N) is 2. The number of carbonyl (C=O) groups is 1. The van der Waals surface area contributed by atoms with Crippen LogP contribution in [0.4, 0.5) is 10.6 Å². The van der Waals surface area contributed by atoms with Gasteiger partial charge >= 0.3 is 6.09 Å². The quantitative estimate of drug-likeness (QED) is 0.880. The Bertz CT molecular complexity index is 396. The minimum Gasteiger partial charge on any atom is -0.465 e. The first-order valence-corrected chi connectivity index (χ1v) is 6.30. The number of amides is 1. The third-order valence-electron chi connectivity index (χ3n) is 2.77. The molecule has 5 nitrogen and oxygen atoms in total. The maximum Gasteiger partial charge on any atom is 0.407 e. The van der Waals surface area contributed by atoms with Crippen LogP contribution in [0.2, 0.25) is 0 Å². The highest BCUT2D eigenvalue weighted by molar-refractivity contribution is 9.10. The minimum absolute atomic E-state index is 0.147. The highest BCUT2D eigenvalue weighted by atomic mass is 79.9. The summed E-state index contributed by atoms with van der Waals surface area (Å²) in [7, 11) is 0. The highest BCUT2D eigenvalue weighted by Crippen LogP contribution is 2.16. The van der Waals surface area contributed by atoms with Crippen molar-refractivity contribution in [3.63, 3.8) is 0 Å². The van der Waals surface area contributed by atoms with Crippen LogP contribution >= 0.6 is 15.9 Å². The minimum atomic E-state index is -0.847. The number of pyridine rings is 1. The maximum atomic E-state index is 10.9. The Balaban J connectivity index is 1.94. The number of anilines is 1. The van der Waals surface area contributed by atoms with Crippen LogP contribution in [0, 0.1) is 0 Å². The normalized spacial score (nSPS) is 20.1. The third-order valence-corrected chi connectivity index (χ3v) is 3.24. The van der Waals surface area contributed by atoms with Crippen molar-refractivity contribution in [1.82, 2.24) is 9.88 Å². The summed E-state index contributed by atoms with van der Waals surface area (Å²) < 4.78 is 0.929. The molecule has 2 rings (SSSR count). The molecule has 92 valence electrons. The molecule has 2 N–H and O–H groups in total. The standard InChI is InChI=1S/C11H14BrN3O2/c12-8-3-4-10(13-6-8)14-9-2-1-5-15(7-9)11(16)17/h3-4,6,9H,1-2,5,7H2,(H,13,14)(H,16,17)/t9-/m1/s1. The lowest BCUT2D eigenvalue weighted by molar-refractivity contribution is 0.133. The van der Waals surface area contributed by atoms with Crippen molar-refractivity contribution >= 4 is 27.8 Å². The first-order valence-electron chi connectivity index (χ1n) is 5.51. The van der Waals surface area contributed by atoms with E-state index in [-0.39, 0.29) is 6.04 Å². The number of hydrogen-bond acceptors (Lipinski definition) is 3. The Morgan fingerprint density at radius 2 is 2.41 bits per heavy atom. The van der Waals surface area contributed by atoms with E-state index in [2.05, 4.69) is 26.2 Å². The SMILES string of the molecule is O=C(O)N1CCC[C@@H](Nc2ccc(Br)cn2)C1. The summed E-state index contributed by atoms with van der Waals surface area (Å²) >= 11 is 3.32. The molecule has 6 heteroatoms. The Hall–Kier alpha value is -1.30. The van der Waals surface area contributed by atoms with Crippen molar-refractivity contribution in [2.75, 3.05) is 18.4 Å². The predicted octanol–water partition coefficient (Wildman–Crippen LogP) is 2.40. The number of rotatable bonds is 2. The lowest BCUT2D eigenvalue weighted by Crippen LogP contribution is -2.44. The van der Waals surface area contributed by atoms with Gasteiger partial charge in [0.05, 0.1) is 0 Å². The first kappa shape index (κ1) is 12.2. The van der Waals surface area contributed by atoms with Gasteiger partial charge in [0.1, 0.15) is 5.82 Å². The number of nitrogens with one attached hydrogen (secondary N) is 1. The summed E-state index contributed by atoms with van der Waals surface area (Å²) in [5.41, 5.74) is 0. The Morgan fingerprint density at radius 3 is 3.06 bits per heavy atom. The van der Waals surface area contributed by atoms with Gasteiger partial charge in [0.15, 0.2) is 0 Å². The van der Waals surface area contributed by atoms with E-state index in [9.17, 15) is 4.79 Å². The van der Waals surface area contributed by atoms with Crippen molar-refractivity contribution in [3.8, 4) is 0 Å². The summed E-state index contributed by atoms with van der Waals surface area (Å²) in [5, 5.41) is 12.2. The van der Waals surface area contributed by atoms with Crippen molar-refractivity contribution in [3.05, 3.63) is 22.8 Å². The van der Waals surface area contributed by atoms with Gasteiger partial charge in [-0.15, -0.1) is 0 Å². The Labute approximate surface area is 108 Å². The van der Waals surface area contributed by atoms with Crippen LogP contribution in [0.5, 0.6) is 0 Å². The molecule has 0 radical (unpaired) electrons. The van der Waals surface area contributed by atoms with Gasteiger partial charge in [-0.25, -0.2) is 9.78 Å². The summed E-state index contributed by atoms with van der Waals surface area (Å²) in [5.74, 6) is 0.783. The molecule has 0 bridgehead atoms. The average Bonchev–Trinajstić information content (AvgIpc) is 2.32. The number of aromatic nitrogens is 1. The number of carboxylic acid groups (broad SMARTS) is 1.